The van der Waals surface area contributed by atoms with E-state index in [0.29, 0.717) is 24.5 Å². The molecule has 3 nitrogen and oxygen atoms in total. The van der Waals surface area contributed by atoms with E-state index >= 15 is 0 Å². The zero-order valence-electron chi connectivity index (χ0n) is 11.8. The highest BCUT2D eigenvalue weighted by molar-refractivity contribution is 5.78. The van der Waals surface area contributed by atoms with Crippen molar-refractivity contribution in [3.8, 4) is 0 Å². The first-order chi connectivity index (χ1) is 9.06. The van der Waals surface area contributed by atoms with Crippen molar-refractivity contribution in [2.75, 3.05) is 6.54 Å². The number of hydrogen-bond acceptors (Lipinski definition) is 1. The molecular formula is C16H23N3. The number of nitrogens with one attached hydrogen (secondary N) is 1. The Morgan fingerprint density at radius 3 is 2.74 bits per heavy atom. The lowest BCUT2D eigenvalue weighted by Crippen LogP contribution is -2.46. The number of nitrogens with two attached hydrogens (primary N) is 1. The maximum absolute atomic E-state index is 5.84. The standard InChI is InChI=1S/C16H23N3/c1-11(2)10-18-16(17)19-14-8-13(9-14)15-7-5-4-6-12(15)3/h4-7,13-14H,1,8-10H2,2-3H3,(H3,17,18,19). The Morgan fingerprint density at radius 1 is 1.42 bits per heavy atom. The van der Waals surface area contributed by atoms with Gasteiger partial charge in [0.05, 0.1) is 6.54 Å². The lowest BCUT2D eigenvalue weighted by Gasteiger charge is -2.37. The van der Waals surface area contributed by atoms with Crippen molar-refractivity contribution in [3.63, 3.8) is 0 Å². The number of guanidine groups is 1. The summed E-state index contributed by atoms with van der Waals surface area (Å²) in [5.74, 6) is 1.20. The van der Waals surface area contributed by atoms with Crippen molar-refractivity contribution in [2.24, 2.45) is 10.7 Å². The van der Waals surface area contributed by atoms with Crippen molar-refractivity contribution in [1.29, 1.82) is 0 Å². The Bertz CT molecular complexity index is 485. The molecule has 19 heavy (non-hydrogen) atoms. The minimum Gasteiger partial charge on any atom is -0.370 e. The van der Waals surface area contributed by atoms with Gasteiger partial charge in [0.1, 0.15) is 0 Å². The second-order valence-corrected chi connectivity index (χ2v) is 5.52. The lowest BCUT2D eigenvalue weighted by atomic mass is 9.74. The van der Waals surface area contributed by atoms with E-state index < -0.39 is 0 Å². The largest absolute Gasteiger partial charge is 0.370 e. The van der Waals surface area contributed by atoms with Gasteiger partial charge in [-0.2, -0.15) is 0 Å². The van der Waals surface area contributed by atoms with Crippen LogP contribution >= 0.6 is 0 Å². The van der Waals surface area contributed by atoms with Crippen molar-refractivity contribution in [2.45, 2.75) is 38.6 Å². The Labute approximate surface area is 115 Å². The molecular weight excluding hydrogens is 234 g/mol. The summed E-state index contributed by atoms with van der Waals surface area (Å²) in [6, 6.07) is 9.08. The molecule has 0 heterocycles. The smallest absolute Gasteiger partial charge is 0.189 e. The molecule has 102 valence electrons. The third-order valence-corrected chi connectivity index (χ3v) is 3.64. The first-order valence-corrected chi connectivity index (χ1v) is 6.82. The van der Waals surface area contributed by atoms with Gasteiger partial charge in [0, 0.05) is 6.04 Å². The molecule has 3 N–H and O–H groups in total. The van der Waals surface area contributed by atoms with Gasteiger partial charge in [-0.05, 0) is 43.7 Å². The summed E-state index contributed by atoms with van der Waals surface area (Å²) in [6.07, 6.45) is 2.27. The zero-order chi connectivity index (χ0) is 13.8. The van der Waals surface area contributed by atoms with E-state index in [2.05, 4.69) is 48.1 Å². The second-order valence-electron chi connectivity index (χ2n) is 5.52. The van der Waals surface area contributed by atoms with Gasteiger partial charge in [0.15, 0.2) is 5.96 Å². The highest BCUT2D eigenvalue weighted by Crippen LogP contribution is 2.38. The van der Waals surface area contributed by atoms with Crippen LogP contribution < -0.4 is 11.1 Å². The van der Waals surface area contributed by atoms with Crippen LogP contribution in [0.25, 0.3) is 0 Å². The van der Waals surface area contributed by atoms with Crippen LogP contribution in [0, 0.1) is 6.92 Å². The molecule has 0 atom stereocenters. The monoisotopic (exact) mass is 257 g/mol. The van der Waals surface area contributed by atoms with E-state index in [1.54, 1.807) is 0 Å². The maximum Gasteiger partial charge on any atom is 0.189 e. The number of hydrogen-bond donors (Lipinski definition) is 2. The zero-order valence-corrected chi connectivity index (χ0v) is 11.8. The Balaban J connectivity index is 1.82. The van der Waals surface area contributed by atoms with Crippen molar-refractivity contribution in [3.05, 3.63) is 47.5 Å². The van der Waals surface area contributed by atoms with Gasteiger partial charge < -0.3 is 11.1 Å². The fourth-order valence-corrected chi connectivity index (χ4v) is 2.51. The highest BCUT2D eigenvalue weighted by Gasteiger charge is 2.31. The Kier molecular flexibility index (Phi) is 4.25. The lowest BCUT2D eigenvalue weighted by molar-refractivity contribution is 0.322. The maximum atomic E-state index is 5.84. The van der Waals surface area contributed by atoms with Gasteiger partial charge in [0.25, 0.3) is 0 Å². The fraction of sp³-hybridized carbons (Fsp3) is 0.438. The summed E-state index contributed by atoms with van der Waals surface area (Å²) in [5.41, 5.74) is 9.72. The van der Waals surface area contributed by atoms with Crippen LogP contribution in [0.1, 0.15) is 36.8 Å². The number of aryl methyl sites for hydroxylation is 1. The molecule has 1 aromatic rings. The van der Waals surface area contributed by atoms with Gasteiger partial charge in [-0.15, -0.1) is 0 Å². The van der Waals surface area contributed by atoms with E-state index in [-0.39, 0.29) is 0 Å². The van der Waals surface area contributed by atoms with Crippen LogP contribution in [0.15, 0.2) is 41.4 Å². The molecule has 0 unspecified atom stereocenters. The van der Waals surface area contributed by atoms with Gasteiger partial charge >= 0.3 is 0 Å². The van der Waals surface area contributed by atoms with Crippen LogP contribution in [0.3, 0.4) is 0 Å². The van der Waals surface area contributed by atoms with Crippen molar-refractivity contribution in [1.82, 2.24) is 5.32 Å². The summed E-state index contributed by atoms with van der Waals surface area (Å²) in [5, 5.41) is 3.28. The predicted molar refractivity (Wildman–Crippen MR) is 81.4 cm³/mol. The fourth-order valence-electron chi connectivity index (χ4n) is 2.51. The van der Waals surface area contributed by atoms with Crippen molar-refractivity contribution < 1.29 is 0 Å². The number of benzene rings is 1. The predicted octanol–water partition coefficient (Wildman–Crippen LogP) is 2.72. The first kappa shape index (κ1) is 13.7. The topological polar surface area (TPSA) is 50.4 Å². The Morgan fingerprint density at radius 2 is 2.11 bits per heavy atom. The molecule has 1 aliphatic carbocycles. The second kappa shape index (κ2) is 5.91. The average molecular weight is 257 g/mol. The molecule has 0 spiro atoms. The van der Waals surface area contributed by atoms with Crippen LogP contribution in [0.5, 0.6) is 0 Å². The molecule has 0 bridgehead atoms. The Hall–Kier alpha value is -1.77. The van der Waals surface area contributed by atoms with Crippen LogP contribution in [0.2, 0.25) is 0 Å². The van der Waals surface area contributed by atoms with Crippen LogP contribution in [-0.4, -0.2) is 18.5 Å². The summed E-state index contributed by atoms with van der Waals surface area (Å²) in [4.78, 5) is 4.24. The first-order valence-electron chi connectivity index (χ1n) is 6.82. The van der Waals surface area contributed by atoms with Gasteiger partial charge in [0.2, 0.25) is 0 Å². The van der Waals surface area contributed by atoms with Crippen LogP contribution in [0.4, 0.5) is 0 Å². The molecule has 3 heteroatoms. The molecule has 0 aliphatic heterocycles. The van der Waals surface area contributed by atoms with Crippen LogP contribution in [-0.2, 0) is 0 Å². The van der Waals surface area contributed by atoms with E-state index in [0.717, 1.165) is 18.4 Å². The molecule has 1 aromatic carbocycles. The van der Waals surface area contributed by atoms with E-state index in [9.17, 15) is 0 Å². The average Bonchev–Trinajstić information content (AvgIpc) is 2.32. The normalized spacial score (nSPS) is 22.7. The molecule has 1 fully saturated rings. The minimum absolute atomic E-state index is 0.457. The van der Waals surface area contributed by atoms with Crippen molar-refractivity contribution >= 4 is 5.96 Å². The minimum atomic E-state index is 0.457. The highest BCUT2D eigenvalue weighted by atomic mass is 15.1. The van der Waals surface area contributed by atoms with E-state index in [1.807, 2.05) is 6.92 Å². The SMILES string of the molecule is C=C(C)CN=C(N)NC1CC(c2ccccc2C)C1. The summed E-state index contributed by atoms with van der Waals surface area (Å²) in [7, 11) is 0. The molecule has 1 aliphatic rings. The molecule has 2 rings (SSSR count). The van der Waals surface area contributed by atoms with Gasteiger partial charge in [-0.1, -0.05) is 36.4 Å². The molecule has 0 saturated heterocycles. The molecule has 0 amide bonds. The third-order valence-electron chi connectivity index (χ3n) is 3.64. The van der Waals surface area contributed by atoms with Gasteiger partial charge in [-0.3, -0.25) is 0 Å². The quantitative estimate of drug-likeness (QED) is 0.495. The summed E-state index contributed by atoms with van der Waals surface area (Å²) < 4.78 is 0. The number of nitrogens with zero attached hydrogens (tertiary/aromatic N) is 1. The van der Waals surface area contributed by atoms with E-state index in [4.69, 9.17) is 5.73 Å². The summed E-state index contributed by atoms with van der Waals surface area (Å²) >= 11 is 0. The molecule has 0 aromatic heterocycles. The third kappa shape index (κ3) is 3.60. The molecule has 0 radical (unpaired) electrons. The summed E-state index contributed by atoms with van der Waals surface area (Å²) in [6.45, 7) is 8.55. The van der Waals surface area contributed by atoms with Gasteiger partial charge in [-0.25, -0.2) is 4.99 Å². The number of aliphatic imine (C=N–C) groups is 1. The molecule has 1 saturated carbocycles. The van der Waals surface area contributed by atoms with E-state index in [1.165, 1.54) is 11.1 Å². The number of rotatable bonds is 4.